The third-order valence-corrected chi connectivity index (χ3v) is 1.57. The van der Waals surface area contributed by atoms with E-state index in [1.54, 1.807) is 6.92 Å². The number of hydrogen-bond acceptors (Lipinski definition) is 3. The SMILES string of the molecule is CCNC(=O)C(C)NCCC(N)=O. The Morgan fingerprint density at radius 3 is 2.54 bits per heavy atom. The van der Waals surface area contributed by atoms with Crippen LogP contribution in [0.1, 0.15) is 20.3 Å². The largest absolute Gasteiger partial charge is 0.370 e. The van der Waals surface area contributed by atoms with Crippen LogP contribution in [0.4, 0.5) is 0 Å². The van der Waals surface area contributed by atoms with Crippen molar-refractivity contribution in [3.05, 3.63) is 0 Å². The van der Waals surface area contributed by atoms with Crippen molar-refractivity contribution in [1.29, 1.82) is 0 Å². The van der Waals surface area contributed by atoms with Crippen molar-refractivity contribution >= 4 is 11.8 Å². The number of nitrogens with two attached hydrogens (primary N) is 1. The summed E-state index contributed by atoms with van der Waals surface area (Å²) in [7, 11) is 0. The topological polar surface area (TPSA) is 84.2 Å². The summed E-state index contributed by atoms with van der Waals surface area (Å²) in [6, 6.07) is -0.278. The molecule has 0 radical (unpaired) electrons. The van der Waals surface area contributed by atoms with E-state index in [4.69, 9.17) is 5.73 Å². The Bertz CT molecular complexity index is 182. The minimum Gasteiger partial charge on any atom is -0.370 e. The Labute approximate surface area is 78.1 Å². The summed E-state index contributed by atoms with van der Waals surface area (Å²) in [5.41, 5.74) is 4.93. The summed E-state index contributed by atoms with van der Waals surface area (Å²) in [5, 5.41) is 5.55. The third-order valence-electron chi connectivity index (χ3n) is 1.57. The van der Waals surface area contributed by atoms with Crippen LogP contribution >= 0.6 is 0 Å². The van der Waals surface area contributed by atoms with Crippen molar-refractivity contribution in [2.45, 2.75) is 26.3 Å². The van der Waals surface area contributed by atoms with E-state index in [2.05, 4.69) is 10.6 Å². The highest BCUT2D eigenvalue weighted by molar-refractivity contribution is 5.81. The predicted molar refractivity (Wildman–Crippen MR) is 50.0 cm³/mol. The first-order valence-electron chi connectivity index (χ1n) is 4.37. The fourth-order valence-electron chi connectivity index (χ4n) is 0.832. The maximum absolute atomic E-state index is 11.1. The fourth-order valence-corrected chi connectivity index (χ4v) is 0.832. The molecule has 1 unspecified atom stereocenters. The van der Waals surface area contributed by atoms with Gasteiger partial charge in [0.1, 0.15) is 0 Å². The average molecular weight is 187 g/mol. The molecule has 0 rings (SSSR count). The molecule has 4 N–H and O–H groups in total. The lowest BCUT2D eigenvalue weighted by Gasteiger charge is -2.11. The Kier molecular flexibility index (Phi) is 5.88. The predicted octanol–water partition coefficient (Wildman–Crippen LogP) is -1.02. The van der Waals surface area contributed by atoms with E-state index in [-0.39, 0.29) is 24.3 Å². The molecule has 0 spiro atoms. The zero-order valence-electron chi connectivity index (χ0n) is 8.09. The van der Waals surface area contributed by atoms with Crippen molar-refractivity contribution in [2.24, 2.45) is 5.73 Å². The molecule has 76 valence electrons. The van der Waals surface area contributed by atoms with Crippen LogP contribution in [0, 0.1) is 0 Å². The quantitative estimate of drug-likeness (QED) is 0.497. The van der Waals surface area contributed by atoms with E-state index < -0.39 is 0 Å². The van der Waals surface area contributed by atoms with Gasteiger partial charge in [-0.15, -0.1) is 0 Å². The number of nitrogens with one attached hydrogen (secondary N) is 2. The lowest BCUT2D eigenvalue weighted by Crippen LogP contribution is -2.42. The van der Waals surface area contributed by atoms with Gasteiger partial charge in [0, 0.05) is 19.5 Å². The van der Waals surface area contributed by atoms with Gasteiger partial charge in [0.2, 0.25) is 11.8 Å². The van der Waals surface area contributed by atoms with Crippen LogP contribution in [0.3, 0.4) is 0 Å². The van der Waals surface area contributed by atoms with E-state index in [0.29, 0.717) is 13.1 Å². The van der Waals surface area contributed by atoms with Gasteiger partial charge in [0.15, 0.2) is 0 Å². The smallest absolute Gasteiger partial charge is 0.236 e. The average Bonchev–Trinajstić information content (AvgIpc) is 2.04. The van der Waals surface area contributed by atoms with Gasteiger partial charge in [-0.2, -0.15) is 0 Å². The fraction of sp³-hybridized carbons (Fsp3) is 0.750. The highest BCUT2D eigenvalue weighted by Crippen LogP contribution is 1.82. The maximum Gasteiger partial charge on any atom is 0.236 e. The summed E-state index contributed by atoms with van der Waals surface area (Å²) >= 11 is 0. The molecule has 0 saturated carbocycles. The molecule has 0 saturated heterocycles. The Morgan fingerprint density at radius 1 is 1.46 bits per heavy atom. The molecule has 0 aliphatic carbocycles. The molecule has 0 heterocycles. The Balaban J connectivity index is 3.55. The van der Waals surface area contributed by atoms with Crippen molar-refractivity contribution in [1.82, 2.24) is 10.6 Å². The zero-order chi connectivity index (χ0) is 10.3. The van der Waals surface area contributed by atoms with E-state index in [1.807, 2.05) is 6.92 Å². The summed E-state index contributed by atoms with van der Waals surface area (Å²) < 4.78 is 0. The van der Waals surface area contributed by atoms with Gasteiger partial charge in [-0.05, 0) is 13.8 Å². The van der Waals surface area contributed by atoms with Crippen LogP contribution in [0.5, 0.6) is 0 Å². The van der Waals surface area contributed by atoms with Crippen LogP contribution in [-0.4, -0.2) is 30.9 Å². The highest BCUT2D eigenvalue weighted by Gasteiger charge is 2.09. The van der Waals surface area contributed by atoms with Crippen molar-refractivity contribution in [2.75, 3.05) is 13.1 Å². The lowest BCUT2D eigenvalue weighted by molar-refractivity contribution is -0.123. The number of carbonyl (C=O) groups is 2. The third kappa shape index (κ3) is 6.10. The first-order chi connectivity index (χ1) is 6.07. The second-order valence-electron chi connectivity index (χ2n) is 2.79. The summed E-state index contributed by atoms with van der Waals surface area (Å²) in [4.78, 5) is 21.5. The van der Waals surface area contributed by atoms with Crippen molar-refractivity contribution < 1.29 is 9.59 Å². The van der Waals surface area contributed by atoms with E-state index in [0.717, 1.165) is 0 Å². The summed E-state index contributed by atoms with van der Waals surface area (Å²) in [5.74, 6) is -0.428. The molecule has 0 aromatic carbocycles. The number of rotatable bonds is 6. The van der Waals surface area contributed by atoms with E-state index in [9.17, 15) is 9.59 Å². The normalized spacial score (nSPS) is 12.2. The Hall–Kier alpha value is -1.10. The molecule has 5 nitrogen and oxygen atoms in total. The van der Waals surface area contributed by atoms with Gasteiger partial charge in [-0.25, -0.2) is 0 Å². The van der Waals surface area contributed by atoms with Gasteiger partial charge in [-0.3, -0.25) is 9.59 Å². The molecular formula is C8H17N3O2. The van der Waals surface area contributed by atoms with Crippen molar-refractivity contribution in [3.63, 3.8) is 0 Å². The second-order valence-corrected chi connectivity index (χ2v) is 2.79. The minimum absolute atomic E-state index is 0.0630. The van der Waals surface area contributed by atoms with Gasteiger partial charge in [-0.1, -0.05) is 0 Å². The van der Waals surface area contributed by atoms with Gasteiger partial charge in [0.05, 0.1) is 6.04 Å². The lowest BCUT2D eigenvalue weighted by atomic mass is 10.3. The molecule has 0 aromatic rings. The zero-order valence-corrected chi connectivity index (χ0v) is 8.09. The highest BCUT2D eigenvalue weighted by atomic mass is 16.2. The van der Waals surface area contributed by atoms with E-state index in [1.165, 1.54) is 0 Å². The van der Waals surface area contributed by atoms with Crippen LogP contribution in [0.25, 0.3) is 0 Å². The number of carbonyl (C=O) groups excluding carboxylic acids is 2. The molecule has 0 bridgehead atoms. The van der Waals surface area contributed by atoms with Gasteiger partial charge >= 0.3 is 0 Å². The summed E-state index contributed by atoms with van der Waals surface area (Å²) in [6.45, 7) is 4.65. The standard InChI is InChI=1S/C8H17N3O2/c1-3-10-8(13)6(2)11-5-4-7(9)12/h6,11H,3-5H2,1-2H3,(H2,9,12)(H,10,13). The van der Waals surface area contributed by atoms with Crippen LogP contribution in [0.15, 0.2) is 0 Å². The molecule has 0 fully saturated rings. The first kappa shape index (κ1) is 11.9. The van der Waals surface area contributed by atoms with Crippen LogP contribution in [0.2, 0.25) is 0 Å². The molecule has 5 heteroatoms. The molecule has 0 aliphatic rings. The molecule has 0 aromatic heterocycles. The monoisotopic (exact) mass is 187 g/mol. The number of amides is 2. The second kappa shape index (κ2) is 6.42. The number of primary amides is 1. The molecular weight excluding hydrogens is 170 g/mol. The number of hydrogen-bond donors (Lipinski definition) is 3. The number of likely N-dealkylation sites (N-methyl/N-ethyl adjacent to an activating group) is 1. The van der Waals surface area contributed by atoms with Gasteiger partial charge in [0.25, 0.3) is 0 Å². The Morgan fingerprint density at radius 2 is 2.08 bits per heavy atom. The molecule has 2 amide bonds. The van der Waals surface area contributed by atoms with Gasteiger partial charge < -0.3 is 16.4 Å². The van der Waals surface area contributed by atoms with Crippen molar-refractivity contribution in [3.8, 4) is 0 Å². The maximum atomic E-state index is 11.1. The van der Waals surface area contributed by atoms with Crippen LogP contribution < -0.4 is 16.4 Å². The molecule has 13 heavy (non-hydrogen) atoms. The molecule has 0 aliphatic heterocycles. The molecule has 1 atom stereocenters. The minimum atomic E-state index is -0.365. The first-order valence-corrected chi connectivity index (χ1v) is 4.37. The van der Waals surface area contributed by atoms with E-state index >= 15 is 0 Å². The summed E-state index contributed by atoms with van der Waals surface area (Å²) in [6.07, 6.45) is 0.254. The van der Waals surface area contributed by atoms with Crippen LogP contribution in [-0.2, 0) is 9.59 Å².